The molecule has 1 aromatic rings. The molecule has 1 aliphatic rings. The highest BCUT2D eigenvalue weighted by atomic mass is 32.2. The Hall–Kier alpha value is -1.16. The van der Waals surface area contributed by atoms with Gasteiger partial charge in [0.1, 0.15) is 0 Å². The van der Waals surface area contributed by atoms with Crippen LogP contribution in [0.25, 0.3) is 0 Å². The number of hydrogen-bond acceptors (Lipinski definition) is 4. The van der Waals surface area contributed by atoms with Gasteiger partial charge in [-0.25, -0.2) is 0 Å². The van der Waals surface area contributed by atoms with Gasteiger partial charge < -0.3 is 10.2 Å². The van der Waals surface area contributed by atoms with Crippen LogP contribution in [0, 0.1) is 5.41 Å². The first-order chi connectivity index (χ1) is 9.36. The molecule has 0 amide bonds. The zero-order valence-corrected chi connectivity index (χ0v) is 13.9. The average Bonchev–Trinajstić information content (AvgIpc) is 2.38. The summed E-state index contributed by atoms with van der Waals surface area (Å²) in [5.41, 5.74) is 2.56. The van der Waals surface area contributed by atoms with Crippen molar-refractivity contribution in [2.24, 2.45) is 10.4 Å². The summed E-state index contributed by atoms with van der Waals surface area (Å²) in [4.78, 5) is 6.97. The number of aliphatic imine (C=N–C) groups is 1. The minimum absolute atomic E-state index is 0.239. The second-order valence-corrected chi connectivity index (χ2v) is 7.60. The molecular formula is C16H25N3S. The molecule has 0 bridgehead atoms. The topological polar surface area (TPSA) is 27.6 Å². The lowest BCUT2D eigenvalue weighted by Crippen LogP contribution is -2.30. The average molecular weight is 291 g/mol. The summed E-state index contributed by atoms with van der Waals surface area (Å²) in [6, 6.07) is 8.88. The van der Waals surface area contributed by atoms with Gasteiger partial charge in [-0.05, 0) is 36.1 Å². The molecule has 110 valence electrons. The van der Waals surface area contributed by atoms with Crippen molar-refractivity contribution in [1.82, 2.24) is 0 Å². The van der Waals surface area contributed by atoms with Gasteiger partial charge in [0.05, 0.1) is 6.04 Å². The third-order valence-electron chi connectivity index (χ3n) is 3.54. The Balaban J connectivity index is 2.07. The van der Waals surface area contributed by atoms with Crippen molar-refractivity contribution in [2.45, 2.75) is 33.2 Å². The Bertz CT molecular complexity index is 471. The highest BCUT2D eigenvalue weighted by Gasteiger charge is 2.27. The number of nitrogens with one attached hydrogen (secondary N) is 1. The van der Waals surface area contributed by atoms with E-state index >= 15 is 0 Å². The number of anilines is 2. The van der Waals surface area contributed by atoms with Gasteiger partial charge in [0, 0.05) is 31.2 Å². The molecule has 1 aliphatic heterocycles. The molecular weight excluding hydrogens is 266 g/mol. The van der Waals surface area contributed by atoms with Gasteiger partial charge in [0.2, 0.25) is 0 Å². The van der Waals surface area contributed by atoms with Gasteiger partial charge in [-0.3, -0.25) is 4.99 Å². The summed E-state index contributed by atoms with van der Waals surface area (Å²) in [5, 5.41) is 4.49. The van der Waals surface area contributed by atoms with E-state index in [0.29, 0.717) is 6.04 Å². The van der Waals surface area contributed by atoms with E-state index in [-0.39, 0.29) is 5.41 Å². The lowest BCUT2D eigenvalue weighted by molar-refractivity contribution is 0.316. The van der Waals surface area contributed by atoms with E-state index in [4.69, 9.17) is 4.99 Å². The molecule has 2 rings (SSSR count). The zero-order chi connectivity index (χ0) is 14.8. The molecule has 20 heavy (non-hydrogen) atoms. The molecule has 0 spiro atoms. The monoisotopic (exact) mass is 291 g/mol. The molecule has 0 radical (unpaired) electrons. The number of thioether (sulfide) groups is 1. The quantitative estimate of drug-likeness (QED) is 0.890. The lowest BCUT2D eigenvalue weighted by atomic mass is 9.85. The summed E-state index contributed by atoms with van der Waals surface area (Å²) in [6.07, 6.45) is 1.17. The number of benzene rings is 1. The zero-order valence-electron chi connectivity index (χ0n) is 13.1. The molecule has 4 heteroatoms. The van der Waals surface area contributed by atoms with E-state index in [2.05, 4.69) is 69.3 Å². The lowest BCUT2D eigenvalue weighted by Gasteiger charge is -2.31. The first-order valence-corrected chi connectivity index (χ1v) is 8.10. The van der Waals surface area contributed by atoms with Crippen LogP contribution in [0.2, 0.25) is 0 Å². The number of nitrogens with zero attached hydrogens (tertiary/aromatic N) is 2. The fourth-order valence-electron chi connectivity index (χ4n) is 2.17. The maximum Gasteiger partial charge on any atom is 0.161 e. The van der Waals surface area contributed by atoms with Crippen LogP contribution in [0.4, 0.5) is 11.4 Å². The summed E-state index contributed by atoms with van der Waals surface area (Å²) in [6.45, 7) is 6.79. The normalized spacial score (nSPS) is 19.4. The fourth-order valence-corrected chi connectivity index (χ4v) is 3.10. The van der Waals surface area contributed by atoms with Gasteiger partial charge in [-0.1, -0.05) is 32.5 Å². The highest BCUT2D eigenvalue weighted by Crippen LogP contribution is 2.31. The molecule has 1 heterocycles. The third-order valence-corrected chi connectivity index (χ3v) is 4.46. The van der Waals surface area contributed by atoms with Crippen molar-refractivity contribution in [3.63, 3.8) is 0 Å². The highest BCUT2D eigenvalue weighted by molar-refractivity contribution is 8.14. The smallest absolute Gasteiger partial charge is 0.161 e. The van der Waals surface area contributed by atoms with Gasteiger partial charge in [0.25, 0.3) is 0 Å². The van der Waals surface area contributed by atoms with E-state index in [1.807, 2.05) is 11.8 Å². The van der Waals surface area contributed by atoms with Gasteiger partial charge >= 0.3 is 0 Å². The number of rotatable bonds is 2. The van der Waals surface area contributed by atoms with E-state index in [9.17, 15) is 0 Å². The van der Waals surface area contributed by atoms with Crippen molar-refractivity contribution >= 4 is 28.3 Å². The maximum absolute atomic E-state index is 4.86. The Labute approximate surface area is 126 Å². The molecule has 0 saturated carbocycles. The van der Waals surface area contributed by atoms with Crippen molar-refractivity contribution < 1.29 is 0 Å². The van der Waals surface area contributed by atoms with Crippen molar-refractivity contribution in [2.75, 3.05) is 30.1 Å². The first kappa shape index (κ1) is 15.2. The maximum atomic E-state index is 4.86. The van der Waals surface area contributed by atoms with Crippen LogP contribution in [0.1, 0.15) is 27.2 Å². The van der Waals surface area contributed by atoms with Crippen LogP contribution in [-0.2, 0) is 0 Å². The van der Waals surface area contributed by atoms with Crippen LogP contribution in [-0.4, -0.2) is 31.1 Å². The van der Waals surface area contributed by atoms with Gasteiger partial charge in [-0.15, -0.1) is 0 Å². The molecule has 1 N–H and O–H groups in total. The van der Waals surface area contributed by atoms with Crippen LogP contribution in [0.5, 0.6) is 0 Å². The van der Waals surface area contributed by atoms with Crippen LogP contribution >= 0.6 is 11.8 Å². The SMILES string of the molecule is CN(C)c1ccc(NC2=NC(C(C)(C)C)CCS2)cc1. The minimum atomic E-state index is 0.239. The van der Waals surface area contributed by atoms with E-state index in [1.165, 1.54) is 12.1 Å². The molecule has 0 fully saturated rings. The first-order valence-electron chi connectivity index (χ1n) is 7.11. The van der Waals surface area contributed by atoms with Crippen LogP contribution < -0.4 is 10.2 Å². The summed E-state index contributed by atoms with van der Waals surface area (Å²) < 4.78 is 0. The molecule has 1 atom stereocenters. The molecule has 1 aromatic carbocycles. The molecule has 1 unspecified atom stereocenters. The fraction of sp³-hybridized carbons (Fsp3) is 0.562. The molecule has 0 aromatic heterocycles. The Morgan fingerprint density at radius 3 is 2.40 bits per heavy atom. The van der Waals surface area contributed by atoms with E-state index in [1.54, 1.807) is 0 Å². The minimum Gasteiger partial charge on any atom is -0.378 e. The number of amidine groups is 1. The second-order valence-electron chi connectivity index (χ2n) is 6.52. The number of hydrogen-bond donors (Lipinski definition) is 1. The molecule has 0 saturated heterocycles. The van der Waals surface area contributed by atoms with Gasteiger partial charge in [0.15, 0.2) is 5.17 Å². The predicted octanol–water partition coefficient (Wildman–Crippen LogP) is 4.07. The van der Waals surface area contributed by atoms with Crippen molar-refractivity contribution in [3.05, 3.63) is 24.3 Å². The third kappa shape index (κ3) is 3.92. The van der Waals surface area contributed by atoms with Gasteiger partial charge in [-0.2, -0.15) is 0 Å². The summed E-state index contributed by atoms with van der Waals surface area (Å²) >= 11 is 1.82. The Morgan fingerprint density at radius 2 is 1.85 bits per heavy atom. The molecule has 0 aliphatic carbocycles. The van der Waals surface area contributed by atoms with Crippen LogP contribution in [0.3, 0.4) is 0 Å². The summed E-state index contributed by atoms with van der Waals surface area (Å²) in [7, 11) is 4.11. The van der Waals surface area contributed by atoms with Crippen LogP contribution in [0.15, 0.2) is 29.3 Å². The predicted molar refractivity (Wildman–Crippen MR) is 92.1 cm³/mol. The Kier molecular flexibility index (Phi) is 4.63. The van der Waals surface area contributed by atoms with Crippen molar-refractivity contribution in [3.8, 4) is 0 Å². The van der Waals surface area contributed by atoms with Crippen molar-refractivity contribution in [1.29, 1.82) is 0 Å². The van der Waals surface area contributed by atoms with E-state index < -0.39 is 0 Å². The second kappa shape index (κ2) is 6.08. The largest absolute Gasteiger partial charge is 0.378 e. The summed E-state index contributed by atoms with van der Waals surface area (Å²) in [5.74, 6) is 1.14. The van der Waals surface area contributed by atoms with E-state index in [0.717, 1.165) is 16.6 Å². The standard InChI is InChI=1S/C16H25N3S/c1-16(2,3)14-10-11-20-15(18-14)17-12-6-8-13(9-7-12)19(4)5/h6-9,14H,10-11H2,1-5H3,(H,17,18). The Morgan fingerprint density at radius 1 is 1.20 bits per heavy atom. The molecule has 3 nitrogen and oxygen atoms in total.